The Morgan fingerprint density at radius 2 is 1.81 bits per heavy atom. The normalized spacial score (nSPS) is 15.7. The summed E-state index contributed by atoms with van der Waals surface area (Å²) in [5.41, 5.74) is 1.91. The molecule has 0 amide bonds. The van der Waals surface area contributed by atoms with Gasteiger partial charge in [-0.15, -0.1) is 0 Å². The number of aromatic hydroxyl groups is 1. The Hall–Kier alpha value is -2.79. The molecule has 1 aromatic heterocycles. The maximum atomic E-state index is 10.0. The van der Waals surface area contributed by atoms with Gasteiger partial charge < -0.3 is 19.3 Å². The molecule has 1 saturated heterocycles. The Morgan fingerprint density at radius 3 is 2.56 bits per heavy atom. The van der Waals surface area contributed by atoms with E-state index in [1.54, 1.807) is 12.3 Å². The van der Waals surface area contributed by atoms with Crippen molar-refractivity contribution >= 4 is 0 Å². The Kier molecular flexibility index (Phi) is 5.12. The van der Waals surface area contributed by atoms with Crippen molar-refractivity contribution in [2.75, 3.05) is 20.1 Å². The number of hydrogen-bond donors (Lipinski definition) is 1. The Balaban J connectivity index is 1.47. The van der Waals surface area contributed by atoms with Gasteiger partial charge >= 0.3 is 0 Å². The summed E-state index contributed by atoms with van der Waals surface area (Å²) < 4.78 is 8.17. The van der Waals surface area contributed by atoms with Gasteiger partial charge in [0.15, 0.2) is 0 Å². The SMILES string of the molecule is CN1CCC(Oc2ccc(-c3nccn3Cc3ccccc3O)cc2)CC1. The molecule has 0 saturated carbocycles. The quantitative estimate of drug-likeness (QED) is 0.750. The van der Waals surface area contributed by atoms with E-state index in [9.17, 15) is 5.11 Å². The highest BCUT2D eigenvalue weighted by atomic mass is 16.5. The highest BCUT2D eigenvalue weighted by molar-refractivity contribution is 5.57. The second kappa shape index (κ2) is 7.84. The van der Waals surface area contributed by atoms with Crippen LogP contribution in [0.3, 0.4) is 0 Å². The zero-order valence-electron chi connectivity index (χ0n) is 15.6. The van der Waals surface area contributed by atoms with Crippen LogP contribution in [0.1, 0.15) is 18.4 Å². The first-order chi connectivity index (χ1) is 13.2. The van der Waals surface area contributed by atoms with Gasteiger partial charge in [-0.3, -0.25) is 0 Å². The second-order valence-corrected chi connectivity index (χ2v) is 7.15. The number of phenols is 1. The minimum absolute atomic E-state index is 0.301. The fourth-order valence-corrected chi connectivity index (χ4v) is 3.50. The Labute approximate surface area is 159 Å². The van der Waals surface area contributed by atoms with Crippen LogP contribution < -0.4 is 4.74 Å². The van der Waals surface area contributed by atoms with Crippen LogP contribution in [-0.2, 0) is 6.54 Å². The van der Waals surface area contributed by atoms with Gasteiger partial charge in [-0.2, -0.15) is 0 Å². The molecular formula is C22H25N3O2. The average molecular weight is 363 g/mol. The molecule has 1 N–H and O–H groups in total. The minimum Gasteiger partial charge on any atom is -0.508 e. The van der Waals surface area contributed by atoms with E-state index in [1.165, 1.54) is 0 Å². The number of aromatic nitrogens is 2. The molecule has 4 rings (SSSR count). The zero-order valence-corrected chi connectivity index (χ0v) is 15.6. The molecule has 140 valence electrons. The number of ether oxygens (including phenoxy) is 1. The fraction of sp³-hybridized carbons (Fsp3) is 0.318. The lowest BCUT2D eigenvalue weighted by Crippen LogP contribution is -2.35. The van der Waals surface area contributed by atoms with Gasteiger partial charge in [0.2, 0.25) is 0 Å². The molecule has 1 aliphatic heterocycles. The van der Waals surface area contributed by atoms with Gasteiger partial charge in [0.1, 0.15) is 23.4 Å². The van der Waals surface area contributed by atoms with Gasteiger partial charge in [0, 0.05) is 36.6 Å². The number of phenolic OH excluding ortho intramolecular Hbond substituents is 1. The monoisotopic (exact) mass is 363 g/mol. The number of benzene rings is 2. The molecule has 27 heavy (non-hydrogen) atoms. The van der Waals surface area contributed by atoms with Crippen molar-refractivity contribution in [1.29, 1.82) is 0 Å². The number of para-hydroxylation sites is 1. The summed E-state index contributed by atoms with van der Waals surface area (Å²) in [6.45, 7) is 2.76. The number of likely N-dealkylation sites (tertiary alicyclic amines) is 1. The van der Waals surface area contributed by atoms with Crippen molar-refractivity contribution in [3.63, 3.8) is 0 Å². The number of nitrogens with zero attached hydrogens (tertiary/aromatic N) is 3. The van der Waals surface area contributed by atoms with Crippen LogP contribution in [0.25, 0.3) is 11.4 Å². The maximum Gasteiger partial charge on any atom is 0.140 e. The average Bonchev–Trinajstić information content (AvgIpc) is 3.14. The van der Waals surface area contributed by atoms with Gasteiger partial charge in [-0.05, 0) is 50.2 Å². The summed E-state index contributed by atoms with van der Waals surface area (Å²) in [5.74, 6) is 2.09. The van der Waals surface area contributed by atoms with Crippen LogP contribution >= 0.6 is 0 Å². The van der Waals surface area contributed by atoms with Crippen LogP contribution in [0, 0.1) is 0 Å². The highest BCUT2D eigenvalue weighted by Crippen LogP contribution is 2.25. The van der Waals surface area contributed by atoms with Gasteiger partial charge in [-0.1, -0.05) is 18.2 Å². The first kappa shape index (κ1) is 17.6. The highest BCUT2D eigenvalue weighted by Gasteiger charge is 2.18. The number of imidazole rings is 1. The zero-order chi connectivity index (χ0) is 18.6. The first-order valence-corrected chi connectivity index (χ1v) is 9.43. The third-order valence-corrected chi connectivity index (χ3v) is 5.13. The fourth-order valence-electron chi connectivity index (χ4n) is 3.50. The molecule has 5 heteroatoms. The molecule has 5 nitrogen and oxygen atoms in total. The molecule has 1 aliphatic rings. The van der Waals surface area contributed by atoms with Crippen molar-refractivity contribution in [3.8, 4) is 22.9 Å². The third kappa shape index (κ3) is 4.14. The topological polar surface area (TPSA) is 50.5 Å². The van der Waals surface area contributed by atoms with Gasteiger partial charge in [-0.25, -0.2) is 4.98 Å². The largest absolute Gasteiger partial charge is 0.508 e. The summed E-state index contributed by atoms with van der Waals surface area (Å²) >= 11 is 0. The molecule has 0 atom stereocenters. The van der Waals surface area contributed by atoms with E-state index >= 15 is 0 Å². The van der Waals surface area contributed by atoms with E-state index in [0.717, 1.165) is 48.6 Å². The number of hydrogen-bond acceptors (Lipinski definition) is 4. The van der Waals surface area contributed by atoms with E-state index in [4.69, 9.17) is 4.74 Å². The Morgan fingerprint density at radius 1 is 1.07 bits per heavy atom. The maximum absolute atomic E-state index is 10.0. The molecule has 3 aromatic rings. The third-order valence-electron chi connectivity index (χ3n) is 5.13. The lowest BCUT2D eigenvalue weighted by molar-refractivity contribution is 0.114. The molecule has 1 fully saturated rings. The van der Waals surface area contributed by atoms with E-state index < -0.39 is 0 Å². The van der Waals surface area contributed by atoms with Gasteiger partial charge in [0.05, 0.1) is 6.54 Å². The summed E-state index contributed by atoms with van der Waals surface area (Å²) in [4.78, 5) is 6.84. The molecule has 2 aromatic carbocycles. The predicted molar refractivity (Wildman–Crippen MR) is 106 cm³/mol. The molecule has 2 heterocycles. The van der Waals surface area contributed by atoms with Crippen LogP contribution in [0.2, 0.25) is 0 Å². The molecule has 0 aliphatic carbocycles. The van der Waals surface area contributed by atoms with E-state index in [2.05, 4.69) is 16.9 Å². The van der Waals surface area contributed by atoms with Crippen LogP contribution in [-0.4, -0.2) is 45.8 Å². The summed E-state index contributed by atoms with van der Waals surface area (Å²) in [6, 6.07) is 15.5. The molecule has 0 bridgehead atoms. The van der Waals surface area contributed by atoms with Crippen LogP contribution in [0.15, 0.2) is 60.9 Å². The summed E-state index contributed by atoms with van der Waals surface area (Å²) in [7, 11) is 2.16. The van der Waals surface area contributed by atoms with E-state index in [-0.39, 0.29) is 0 Å². The van der Waals surface area contributed by atoms with Crippen molar-refractivity contribution in [2.45, 2.75) is 25.5 Å². The number of rotatable bonds is 5. The van der Waals surface area contributed by atoms with Crippen molar-refractivity contribution in [3.05, 3.63) is 66.5 Å². The lowest BCUT2D eigenvalue weighted by Gasteiger charge is -2.29. The second-order valence-electron chi connectivity index (χ2n) is 7.15. The minimum atomic E-state index is 0.301. The van der Waals surface area contributed by atoms with Crippen LogP contribution in [0.5, 0.6) is 11.5 Å². The molecule has 0 spiro atoms. The van der Waals surface area contributed by atoms with E-state index in [1.807, 2.05) is 53.2 Å². The van der Waals surface area contributed by atoms with Crippen molar-refractivity contribution in [2.24, 2.45) is 0 Å². The van der Waals surface area contributed by atoms with Crippen LogP contribution in [0.4, 0.5) is 0 Å². The van der Waals surface area contributed by atoms with Crippen molar-refractivity contribution in [1.82, 2.24) is 14.5 Å². The predicted octanol–water partition coefficient (Wildman–Crippen LogP) is 3.78. The molecular weight excluding hydrogens is 338 g/mol. The lowest BCUT2D eigenvalue weighted by atomic mass is 10.1. The molecule has 0 unspecified atom stereocenters. The van der Waals surface area contributed by atoms with E-state index in [0.29, 0.717) is 18.4 Å². The first-order valence-electron chi connectivity index (χ1n) is 9.43. The number of piperidine rings is 1. The summed E-state index contributed by atoms with van der Waals surface area (Å²) in [6.07, 6.45) is 6.17. The van der Waals surface area contributed by atoms with Gasteiger partial charge in [0.25, 0.3) is 0 Å². The summed E-state index contributed by atoms with van der Waals surface area (Å²) in [5, 5.41) is 10.0. The molecule has 0 radical (unpaired) electrons. The van der Waals surface area contributed by atoms with Crippen molar-refractivity contribution < 1.29 is 9.84 Å². The Bertz CT molecular complexity index is 881. The smallest absolute Gasteiger partial charge is 0.140 e. The standard InChI is InChI=1S/C22H25N3O2/c1-24-13-10-20(11-14-24)27-19-8-6-17(7-9-19)22-23-12-15-25(22)16-18-4-2-3-5-21(18)26/h2-9,12,15,20,26H,10-11,13-14,16H2,1H3.